The van der Waals surface area contributed by atoms with Crippen molar-refractivity contribution < 1.29 is 26.4 Å². The predicted molar refractivity (Wildman–Crippen MR) is 141 cm³/mol. The molecular weight excluding hydrogens is 515 g/mol. The lowest BCUT2D eigenvalue weighted by atomic mass is 9.89. The molecule has 2 N–H and O–H groups in total. The molecule has 10 heteroatoms. The van der Waals surface area contributed by atoms with E-state index in [-0.39, 0.29) is 17.5 Å². The van der Waals surface area contributed by atoms with Crippen LogP contribution in [0.25, 0.3) is 11.3 Å². The van der Waals surface area contributed by atoms with Crippen molar-refractivity contribution in [2.75, 3.05) is 0 Å². The van der Waals surface area contributed by atoms with Crippen molar-refractivity contribution >= 4 is 15.9 Å². The summed E-state index contributed by atoms with van der Waals surface area (Å²) in [6.07, 6.45) is 3.49. The van der Waals surface area contributed by atoms with Crippen LogP contribution in [-0.2, 0) is 22.7 Å². The van der Waals surface area contributed by atoms with E-state index in [1.165, 1.54) is 12.5 Å². The second-order valence-corrected chi connectivity index (χ2v) is 13.5. The molecule has 210 valence electrons. The SMILES string of the molecule is Cc1c(C(=O)NC2CCC2)cc(-c2ccc(S(=O)(=O)NC(C)(C)C)c(C(F)(F)F)c2)n1CC1CCCCC1. The molecule has 0 spiro atoms. The van der Waals surface area contributed by atoms with Crippen LogP contribution in [-0.4, -0.2) is 30.5 Å². The van der Waals surface area contributed by atoms with Crippen LogP contribution < -0.4 is 10.0 Å². The van der Waals surface area contributed by atoms with Crippen molar-refractivity contribution in [1.82, 2.24) is 14.6 Å². The highest BCUT2D eigenvalue weighted by atomic mass is 32.2. The van der Waals surface area contributed by atoms with Crippen molar-refractivity contribution in [1.29, 1.82) is 0 Å². The van der Waals surface area contributed by atoms with Gasteiger partial charge in [-0.2, -0.15) is 13.2 Å². The number of nitrogens with zero attached hydrogens (tertiary/aromatic N) is 1. The number of alkyl halides is 3. The zero-order valence-electron chi connectivity index (χ0n) is 22.5. The molecule has 4 rings (SSSR count). The molecule has 38 heavy (non-hydrogen) atoms. The van der Waals surface area contributed by atoms with E-state index in [1.807, 2.05) is 11.5 Å². The average Bonchev–Trinajstić information content (AvgIpc) is 3.10. The maximum atomic E-state index is 14.2. The van der Waals surface area contributed by atoms with Gasteiger partial charge in [-0.1, -0.05) is 25.3 Å². The number of carbonyl (C=O) groups is 1. The van der Waals surface area contributed by atoms with Gasteiger partial charge in [-0.3, -0.25) is 4.79 Å². The first-order chi connectivity index (χ1) is 17.7. The van der Waals surface area contributed by atoms with Gasteiger partial charge in [0.15, 0.2) is 0 Å². The topological polar surface area (TPSA) is 80.2 Å². The Bertz CT molecular complexity index is 1280. The normalized spacial score (nSPS) is 17.9. The van der Waals surface area contributed by atoms with Crippen molar-refractivity contribution in [3.05, 3.63) is 41.1 Å². The second kappa shape index (κ2) is 10.7. The number of carbonyl (C=O) groups excluding carboxylic acids is 1. The Kier molecular flexibility index (Phi) is 8.06. The van der Waals surface area contributed by atoms with E-state index in [4.69, 9.17) is 0 Å². The van der Waals surface area contributed by atoms with Crippen LogP contribution in [0, 0.1) is 12.8 Å². The minimum atomic E-state index is -4.89. The largest absolute Gasteiger partial charge is 0.417 e. The summed E-state index contributed by atoms with van der Waals surface area (Å²) in [7, 11) is -4.43. The minimum Gasteiger partial charge on any atom is -0.349 e. The third kappa shape index (κ3) is 6.45. The van der Waals surface area contributed by atoms with Crippen LogP contribution in [0.1, 0.15) is 93.8 Å². The predicted octanol–water partition coefficient (Wildman–Crippen LogP) is 6.42. The van der Waals surface area contributed by atoms with Crippen molar-refractivity contribution in [2.45, 2.75) is 108 Å². The molecule has 2 saturated carbocycles. The molecule has 0 radical (unpaired) electrons. The van der Waals surface area contributed by atoms with Crippen LogP contribution in [0.4, 0.5) is 13.2 Å². The molecule has 2 aliphatic rings. The minimum absolute atomic E-state index is 0.128. The molecule has 0 unspecified atom stereocenters. The van der Waals surface area contributed by atoms with Crippen LogP contribution >= 0.6 is 0 Å². The number of amides is 1. The Balaban J connectivity index is 1.80. The fraction of sp³-hybridized carbons (Fsp3) is 0.607. The number of aromatic nitrogens is 1. The summed E-state index contributed by atoms with van der Waals surface area (Å²) in [5, 5.41) is 3.04. The second-order valence-electron chi connectivity index (χ2n) is 11.8. The monoisotopic (exact) mass is 553 g/mol. The summed E-state index contributed by atoms with van der Waals surface area (Å²) in [6.45, 7) is 7.15. The fourth-order valence-electron chi connectivity index (χ4n) is 5.40. The van der Waals surface area contributed by atoms with Gasteiger partial charge in [0.1, 0.15) is 0 Å². The third-order valence-electron chi connectivity index (χ3n) is 7.53. The molecule has 1 amide bonds. The molecular formula is C28H38F3N3O3S. The number of hydrogen-bond donors (Lipinski definition) is 2. The number of nitrogens with one attached hydrogen (secondary N) is 2. The van der Waals surface area contributed by atoms with Gasteiger partial charge in [-0.25, -0.2) is 13.1 Å². The summed E-state index contributed by atoms with van der Waals surface area (Å²) in [5.74, 6) is 0.148. The van der Waals surface area contributed by atoms with E-state index in [0.29, 0.717) is 29.4 Å². The van der Waals surface area contributed by atoms with E-state index in [9.17, 15) is 26.4 Å². The third-order valence-corrected chi connectivity index (χ3v) is 9.34. The molecule has 0 bridgehead atoms. The number of benzene rings is 1. The lowest BCUT2D eigenvalue weighted by molar-refractivity contribution is -0.139. The van der Waals surface area contributed by atoms with E-state index in [2.05, 4.69) is 10.0 Å². The van der Waals surface area contributed by atoms with Crippen LogP contribution in [0.15, 0.2) is 29.2 Å². The molecule has 2 aromatic rings. The van der Waals surface area contributed by atoms with Crippen molar-refractivity contribution in [2.24, 2.45) is 5.92 Å². The quantitative estimate of drug-likeness (QED) is 0.415. The van der Waals surface area contributed by atoms with Crippen molar-refractivity contribution in [3.63, 3.8) is 0 Å². The fourth-order valence-corrected chi connectivity index (χ4v) is 7.02. The summed E-state index contributed by atoms with van der Waals surface area (Å²) < 4.78 is 72.7. The Hall–Kier alpha value is -2.33. The zero-order chi connectivity index (χ0) is 27.9. The number of hydrogen-bond acceptors (Lipinski definition) is 3. The van der Waals surface area contributed by atoms with Gasteiger partial charge >= 0.3 is 6.18 Å². The lowest BCUT2D eigenvalue weighted by Crippen LogP contribution is -2.41. The van der Waals surface area contributed by atoms with Crippen LogP contribution in [0.5, 0.6) is 0 Å². The average molecular weight is 554 g/mol. The molecule has 0 atom stereocenters. The first kappa shape index (κ1) is 28.7. The van der Waals surface area contributed by atoms with Gasteiger partial charge in [-0.05, 0) is 89.5 Å². The molecule has 6 nitrogen and oxygen atoms in total. The van der Waals surface area contributed by atoms with Crippen LogP contribution in [0.2, 0.25) is 0 Å². The Morgan fingerprint density at radius 3 is 2.21 bits per heavy atom. The molecule has 1 heterocycles. The standard InChI is InChI=1S/C28H38F3N3O3S/c1-18-22(26(35)32-21-11-8-12-21)16-24(34(18)17-19-9-6-5-7-10-19)20-13-14-25(23(15-20)28(29,30)31)38(36,37)33-27(2,3)4/h13-16,19,21,33H,5-12,17H2,1-4H3,(H,32,35). The van der Waals surface area contributed by atoms with Gasteiger partial charge < -0.3 is 9.88 Å². The summed E-state index contributed by atoms with van der Waals surface area (Å²) in [5.41, 5.74) is -0.298. The maximum absolute atomic E-state index is 14.2. The first-order valence-corrected chi connectivity index (χ1v) is 14.9. The van der Waals surface area contributed by atoms with Gasteiger partial charge in [0, 0.05) is 29.5 Å². The summed E-state index contributed by atoms with van der Waals surface area (Å²) in [4.78, 5) is 12.3. The Morgan fingerprint density at radius 2 is 1.66 bits per heavy atom. The van der Waals surface area contributed by atoms with E-state index < -0.39 is 32.2 Å². The Labute approximate surface area is 223 Å². The van der Waals surface area contributed by atoms with E-state index in [0.717, 1.165) is 57.1 Å². The summed E-state index contributed by atoms with van der Waals surface area (Å²) in [6, 6.07) is 5.11. The Morgan fingerprint density at radius 1 is 1.00 bits per heavy atom. The van der Waals surface area contributed by atoms with E-state index >= 15 is 0 Å². The number of halogens is 3. The zero-order valence-corrected chi connectivity index (χ0v) is 23.4. The highest BCUT2D eigenvalue weighted by Gasteiger charge is 2.39. The lowest BCUT2D eigenvalue weighted by Gasteiger charge is -2.26. The van der Waals surface area contributed by atoms with Gasteiger partial charge in [-0.15, -0.1) is 0 Å². The molecule has 2 aliphatic carbocycles. The van der Waals surface area contributed by atoms with Gasteiger partial charge in [0.05, 0.1) is 16.0 Å². The molecule has 0 aliphatic heterocycles. The smallest absolute Gasteiger partial charge is 0.349 e. The maximum Gasteiger partial charge on any atom is 0.417 e. The highest BCUT2D eigenvalue weighted by Crippen LogP contribution is 2.39. The summed E-state index contributed by atoms with van der Waals surface area (Å²) >= 11 is 0. The van der Waals surface area contributed by atoms with Crippen LogP contribution in [0.3, 0.4) is 0 Å². The molecule has 1 aromatic carbocycles. The van der Waals surface area contributed by atoms with Crippen molar-refractivity contribution in [3.8, 4) is 11.3 Å². The highest BCUT2D eigenvalue weighted by molar-refractivity contribution is 7.89. The first-order valence-electron chi connectivity index (χ1n) is 13.4. The van der Waals surface area contributed by atoms with Gasteiger partial charge in [0.2, 0.25) is 10.0 Å². The molecule has 2 fully saturated rings. The van der Waals surface area contributed by atoms with E-state index in [1.54, 1.807) is 26.8 Å². The number of rotatable bonds is 7. The molecule has 1 aromatic heterocycles. The van der Waals surface area contributed by atoms with Gasteiger partial charge in [0.25, 0.3) is 5.91 Å². The number of sulfonamides is 1. The molecule has 0 saturated heterocycles.